The first kappa shape index (κ1) is 11.5. The molecular weight excluding hydrogens is 215 g/mol. The standard InChI is InChI=1S/C15H13FO/c1-10-3-4-13(9-15(10)11(2)17)12-5-7-14(16)8-6-12/h3-9H,1-2H3. The Balaban J connectivity index is 2.50. The fourth-order valence-electron chi connectivity index (χ4n) is 1.82. The minimum absolute atomic E-state index is 0.0476. The van der Waals surface area contributed by atoms with Gasteiger partial charge in [0.15, 0.2) is 5.78 Å². The Kier molecular flexibility index (Phi) is 3.05. The fourth-order valence-corrected chi connectivity index (χ4v) is 1.82. The lowest BCUT2D eigenvalue weighted by Gasteiger charge is -2.06. The lowest BCUT2D eigenvalue weighted by molar-refractivity contribution is 0.101. The van der Waals surface area contributed by atoms with Crippen LogP contribution in [0.3, 0.4) is 0 Å². The molecule has 2 heteroatoms. The predicted molar refractivity (Wildman–Crippen MR) is 66.6 cm³/mol. The van der Waals surface area contributed by atoms with Crippen LogP contribution in [0, 0.1) is 12.7 Å². The molecule has 0 saturated heterocycles. The molecule has 0 N–H and O–H groups in total. The van der Waals surface area contributed by atoms with Gasteiger partial charge in [0.2, 0.25) is 0 Å². The minimum Gasteiger partial charge on any atom is -0.295 e. The summed E-state index contributed by atoms with van der Waals surface area (Å²) in [4.78, 5) is 11.4. The third kappa shape index (κ3) is 2.41. The van der Waals surface area contributed by atoms with Crippen molar-refractivity contribution in [1.29, 1.82) is 0 Å². The highest BCUT2D eigenvalue weighted by Crippen LogP contribution is 2.23. The molecule has 2 aromatic rings. The zero-order valence-corrected chi connectivity index (χ0v) is 9.83. The molecular formula is C15H13FO. The van der Waals surface area contributed by atoms with Gasteiger partial charge >= 0.3 is 0 Å². The van der Waals surface area contributed by atoms with E-state index in [4.69, 9.17) is 0 Å². The summed E-state index contributed by atoms with van der Waals surface area (Å²) < 4.78 is 12.8. The van der Waals surface area contributed by atoms with Crippen molar-refractivity contribution in [2.75, 3.05) is 0 Å². The van der Waals surface area contributed by atoms with Crippen LogP contribution in [0.25, 0.3) is 11.1 Å². The third-order valence-corrected chi connectivity index (χ3v) is 2.79. The topological polar surface area (TPSA) is 17.1 Å². The number of rotatable bonds is 2. The van der Waals surface area contributed by atoms with Gasteiger partial charge in [-0.3, -0.25) is 4.79 Å². The van der Waals surface area contributed by atoms with E-state index in [9.17, 15) is 9.18 Å². The van der Waals surface area contributed by atoms with Crippen molar-refractivity contribution in [1.82, 2.24) is 0 Å². The van der Waals surface area contributed by atoms with Gasteiger partial charge in [-0.1, -0.05) is 24.3 Å². The minimum atomic E-state index is -0.257. The Labute approximate surface area is 99.9 Å². The summed E-state index contributed by atoms with van der Waals surface area (Å²) in [5, 5.41) is 0. The zero-order valence-electron chi connectivity index (χ0n) is 9.83. The summed E-state index contributed by atoms with van der Waals surface area (Å²) >= 11 is 0. The Morgan fingerprint density at radius 3 is 2.18 bits per heavy atom. The molecule has 17 heavy (non-hydrogen) atoms. The smallest absolute Gasteiger partial charge is 0.160 e. The highest BCUT2D eigenvalue weighted by Gasteiger charge is 2.06. The predicted octanol–water partition coefficient (Wildman–Crippen LogP) is 4.00. The molecule has 0 saturated carbocycles. The van der Waals surface area contributed by atoms with Gasteiger partial charge in [0.25, 0.3) is 0 Å². The quantitative estimate of drug-likeness (QED) is 0.710. The number of carbonyl (C=O) groups excluding carboxylic acids is 1. The van der Waals surface area contributed by atoms with E-state index < -0.39 is 0 Å². The van der Waals surface area contributed by atoms with E-state index >= 15 is 0 Å². The largest absolute Gasteiger partial charge is 0.295 e. The van der Waals surface area contributed by atoms with Crippen LogP contribution in [0.2, 0.25) is 0 Å². The number of hydrogen-bond donors (Lipinski definition) is 0. The molecule has 0 heterocycles. The van der Waals surface area contributed by atoms with Crippen molar-refractivity contribution in [3.05, 3.63) is 59.4 Å². The van der Waals surface area contributed by atoms with E-state index in [-0.39, 0.29) is 11.6 Å². The average Bonchev–Trinajstić information content (AvgIpc) is 2.30. The van der Waals surface area contributed by atoms with Gasteiger partial charge in [-0.05, 0) is 48.7 Å². The van der Waals surface area contributed by atoms with Crippen LogP contribution >= 0.6 is 0 Å². The molecule has 0 fully saturated rings. The van der Waals surface area contributed by atoms with Crippen molar-refractivity contribution in [3.8, 4) is 11.1 Å². The molecule has 0 aromatic heterocycles. The van der Waals surface area contributed by atoms with E-state index in [2.05, 4.69) is 0 Å². The van der Waals surface area contributed by atoms with E-state index in [1.165, 1.54) is 12.1 Å². The molecule has 0 aliphatic heterocycles. The van der Waals surface area contributed by atoms with Crippen LogP contribution in [0.5, 0.6) is 0 Å². The van der Waals surface area contributed by atoms with Crippen LogP contribution < -0.4 is 0 Å². The summed E-state index contributed by atoms with van der Waals surface area (Å²) in [5.74, 6) is -0.209. The lowest BCUT2D eigenvalue weighted by atomic mass is 9.98. The first-order chi connectivity index (χ1) is 8.08. The van der Waals surface area contributed by atoms with Crippen molar-refractivity contribution in [2.45, 2.75) is 13.8 Å². The zero-order chi connectivity index (χ0) is 12.4. The van der Waals surface area contributed by atoms with Crippen molar-refractivity contribution in [3.63, 3.8) is 0 Å². The molecule has 0 aliphatic rings. The van der Waals surface area contributed by atoms with Crippen LogP contribution in [0.1, 0.15) is 22.8 Å². The van der Waals surface area contributed by atoms with Crippen LogP contribution in [-0.2, 0) is 0 Å². The highest BCUT2D eigenvalue weighted by molar-refractivity contribution is 5.96. The first-order valence-corrected chi connectivity index (χ1v) is 5.45. The maximum atomic E-state index is 12.8. The van der Waals surface area contributed by atoms with Gasteiger partial charge in [-0.25, -0.2) is 4.39 Å². The number of aryl methyl sites for hydroxylation is 1. The van der Waals surface area contributed by atoms with Crippen molar-refractivity contribution < 1.29 is 9.18 Å². The Bertz CT molecular complexity index is 556. The van der Waals surface area contributed by atoms with Gasteiger partial charge in [0.1, 0.15) is 5.82 Å². The normalized spacial score (nSPS) is 10.3. The van der Waals surface area contributed by atoms with E-state index in [0.717, 1.165) is 16.7 Å². The third-order valence-electron chi connectivity index (χ3n) is 2.79. The van der Waals surface area contributed by atoms with E-state index in [1.807, 2.05) is 25.1 Å². The van der Waals surface area contributed by atoms with Crippen LogP contribution in [0.4, 0.5) is 4.39 Å². The number of benzene rings is 2. The lowest BCUT2D eigenvalue weighted by Crippen LogP contribution is -1.96. The first-order valence-electron chi connectivity index (χ1n) is 5.45. The van der Waals surface area contributed by atoms with Gasteiger partial charge in [-0.15, -0.1) is 0 Å². The van der Waals surface area contributed by atoms with E-state index in [0.29, 0.717) is 5.56 Å². The SMILES string of the molecule is CC(=O)c1cc(-c2ccc(F)cc2)ccc1C. The second-order valence-corrected chi connectivity index (χ2v) is 4.09. The van der Waals surface area contributed by atoms with Gasteiger partial charge in [0, 0.05) is 5.56 Å². The van der Waals surface area contributed by atoms with Gasteiger partial charge < -0.3 is 0 Å². The Morgan fingerprint density at radius 1 is 1.00 bits per heavy atom. The van der Waals surface area contributed by atoms with Crippen molar-refractivity contribution in [2.24, 2.45) is 0 Å². The average molecular weight is 228 g/mol. The second kappa shape index (κ2) is 4.50. The molecule has 0 amide bonds. The molecule has 1 nitrogen and oxygen atoms in total. The van der Waals surface area contributed by atoms with Gasteiger partial charge in [-0.2, -0.15) is 0 Å². The Hall–Kier alpha value is -1.96. The fraction of sp³-hybridized carbons (Fsp3) is 0.133. The number of halogens is 1. The highest BCUT2D eigenvalue weighted by atomic mass is 19.1. The number of carbonyl (C=O) groups is 1. The molecule has 0 bridgehead atoms. The molecule has 0 atom stereocenters. The molecule has 2 aromatic carbocycles. The molecule has 0 aliphatic carbocycles. The van der Waals surface area contributed by atoms with Crippen LogP contribution in [0.15, 0.2) is 42.5 Å². The molecule has 86 valence electrons. The number of Topliss-reactive ketones (excluding diaryl/α,β-unsaturated/α-hetero) is 1. The Morgan fingerprint density at radius 2 is 1.59 bits per heavy atom. The second-order valence-electron chi connectivity index (χ2n) is 4.09. The molecule has 2 rings (SSSR count). The maximum Gasteiger partial charge on any atom is 0.160 e. The van der Waals surface area contributed by atoms with Gasteiger partial charge in [0.05, 0.1) is 0 Å². The van der Waals surface area contributed by atoms with E-state index in [1.54, 1.807) is 19.1 Å². The monoisotopic (exact) mass is 228 g/mol. The molecule has 0 unspecified atom stereocenters. The summed E-state index contributed by atoms with van der Waals surface area (Å²) in [7, 11) is 0. The maximum absolute atomic E-state index is 12.8. The summed E-state index contributed by atoms with van der Waals surface area (Å²) in [6.45, 7) is 3.46. The van der Waals surface area contributed by atoms with Crippen LogP contribution in [-0.4, -0.2) is 5.78 Å². The summed E-state index contributed by atoms with van der Waals surface area (Å²) in [6, 6.07) is 12.0. The number of hydrogen-bond acceptors (Lipinski definition) is 1. The molecule has 0 radical (unpaired) electrons. The summed E-state index contributed by atoms with van der Waals surface area (Å²) in [5.41, 5.74) is 3.52. The van der Waals surface area contributed by atoms with Crippen molar-refractivity contribution >= 4 is 5.78 Å². The summed E-state index contributed by atoms with van der Waals surface area (Å²) in [6.07, 6.45) is 0. The number of ketones is 1. The molecule has 0 spiro atoms.